The lowest BCUT2D eigenvalue weighted by atomic mass is 9.93. The van der Waals surface area contributed by atoms with Crippen LogP contribution in [-0.2, 0) is 15.7 Å². The summed E-state index contributed by atoms with van der Waals surface area (Å²) in [5.74, 6) is -1.49. The molecule has 0 aliphatic carbocycles. The fourth-order valence-corrected chi connectivity index (χ4v) is 3.95. The average molecular weight is 477 g/mol. The number of aromatic nitrogens is 1. The number of rotatable bonds is 7. The number of carbonyl (C=O) groups excluding carboxylic acids is 2. The number of esters is 1. The van der Waals surface area contributed by atoms with Crippen LogP contribution in [0.3, 0.4) is 0 Å². The van der Waals surface area contributed by atoms with Gasteiger partial charge >= 0.3 is 12.1 Å². The van der Waals surface area contributed by atoms with E-state index in [0.717, 1.165) is 17.7 Å². The smallest absolute Gasteiger partial charge is 0.416 e. The molecular formula is C28H22F3NO3. The molecule has 7 heteroatoms. The van der Waals surface area contributed by atoms with Crippen LogP contribution in [-0.4, -0.2) is 23.3 Å². The largest absolute Gasteiger partial charge is 0.465 e. The van der Waals surface area contributed by atoms with Crippen LogP contribution in [0.4, 0.5) is 13.2 Å². The summed E-state index contributed by atoms with van der Waals surface area (Å²) in [6.45, 7) is 1.94. The first kappa shape index (κ1) is 24.0. The molecule has 4 aromatic rings. The molecule has 0 aliphatic heterocycles. The minimum atomic E-state index is -4.44. The predicted octanol–water partition coefficient (Wildman–Crippen LogP) is 6.63. The molecule has 0 bridgehead atoms. The first-order valence-electron chi connectivity index (χ1n) is 11.0. The van der Waals surface area contributed by atoms with Gasteiger partial charge in [-0.2, -0.15) is 13.2 Å². The van der Waals surface area contributed by atoms with Crippen LogP contribution in [0, 0.1) is 0 Å². The van der Waals surface area contributed by atoms with E-state index in [9.17, 15) is 22.8 Å². The predicted molar refractivity (Wildman–Crippen MR) is 126 cm³/mol. The minimum Gasteiger partial charge on any atom is -0.465 e. The summed E-state index contributed by atoms with van der Waals surface area (Å²) in [5.41, 5.74) is 2.13. The number of aromatic amines is 1. The molecule has 0 saturated heterocycles. The zero-order chi connectivity index (χ0) is 25.0. The Hall–Kier alpha value is -4.13. The van der Waals surface area contributed by atoms with Crippen LogP contribution in [0.1, 0.15) is 45.6 Å². The number of ketones is 1. The van der Waals surface area contributed by atoms with Crippen molar-refractivity contribution in [2.45, 2.75) is 19.0 Å². The fraction of sp³-hybridized carbons (Fsp3) is 0.143. The topological polar surface area (TPSA) is 59.2 Å². The summed E-state index contributed by atoms with van der Waals surface area (Å²) in [6.07, 6.45) is -2.92. The number of nitrogens with one attached hydrogen (secondary N) is 1. The van der Waals surface area contributed by atoms with Gasteiger partial charge in [0.1, 0.15) is 5.92 Å². The Labute approximate surface area is 200 Å². The molecule has 0 spiro atoms. The fourth-order valence-electron chi connectivity index (χ4n) is 3.95. The van der Waals surface area contributed by atoms with Crippen LogP contribution in [0.2, 0.25) is 0 Å². The van der Waals surface area contributed by atoms with Gasteiger partial charge in [0.15, 0.2) is 5.78 Å². The van der Waals surface area contributed by atoms with E-state index in [1.54, 1.807) is 37.3 Å². The molecule has 178 valence electrons. The lowest BCUT2D eigenvalue weighted by Crippen LogP contribution is -2.17. The Balaban J connectivity index is 1.68. The van der Waals surface area contributed by atoms with Gasteiger partial charge in [0.05, 0.1) is 12.2 Å². The van der Waals surface area contributed by atoms with Crippen LogP contribution >= 0.6 is 0 Å². The van der Waals surface area contributed by atoms with E-state index >= 15 is 0 Å². The number of hydrogen-bond donors (Lipinski definition) is 1. The summed E-state index contributed by atoms with van der Waals surface area (Å²) in [7, 11) is 0. The Bertz CT molecular complexity index is 1330. The highest BCUT2D eigenvalue weighted by Gasteiger charge is 2.30. The molecule has 1 heterocycles. The molecule has 1 atom stereocenters. The summed E-state index contributed by atoms with van der Waals surface area (Å²) in [4.78, 5) is 29.2. The van der Waals surface area contributed by atoms with E-state index in [1.807, 2.05) is 30.3 Å². The first-order valence-corrected chi connectivity index (χ1v) is 11.0. The molecule has 35 heavy (non-hydrogen) atoms. The second kappa shape index (κ2) is 10.0. The Kier molecular flexibility index (Phi) is 6.87. The summed E-state index contributed by atoms with van der Waals surface area (Å²) in [5, 5.41) is 0. The molecule has 4 rings (SSSR count). The molecule has 4 nitrogen and oxygen atoms in total. The lowest BCUT2D eigenvalue weighted by molar-refractivity contribution is -0.144. The molecule has 3 aromatic carbocycles. The molecule has 1 aromatic heterocycles. The van der Waals surface area contributed by atoms with Crippen molar-refractivity contribution in [2.24, 2.45) is 0 Å². The van der Waals surface area contributed by atoms with Gasteiger partial charge in [-0.1, -0.05) is 66.7 Å². The van der Waals surface area contributed by atoms with Crippen molar-refractivity contribution in [1.29, 1.82) is 0 Å². The molecular weight excluding hydrogens is 455 g/mol. The normalized spacial score (nSPS) is 12.2. The Morgan fingerprint density at radius 3 is 2.23 bits per heavy atom. The van der Waals surface area contributed by atoms with E-state index in [1.165, 1.54) is 18.3 Å². The van der Waals surface area contributed by atoms with E-state index in [4.69, 9.17) is 4.74 Å². The third-order valence-corrected chi connectivity index (χ3v) is 5.63. The van der Waals surface area contributed by atoms with Crippen molar-refractivity contribution < 1.29 is 27.5 Å². The zero-order valence-electron chi connectivity index (χ0n) is 18.8. The second-order valence-electron chi connectivity index (χ2n) is 7.89. The number of ether oxygens (including phenoxy) is 1. The van der Waals surface area contributed by atoms with Crippen molar-refractivity contribution in [3.63, 3.8) is 0 Å². The quantitative estimate of drug-likeness (QED) is 0.240. The van der Waals surface area contributed by atoms with Crippen molar-refractivity contribution in [2.75, 3.05) is 6.61 Å². The van der Waals surface area contributed by atoms with Crippen LogP contribution < -0.4 is 0 Å². The van der Waals surface area contributed by atoms with Gasteiger partial charge in [0.25, 0.3) is 0 Å². The molecule has 1 N–H and O–H groups in total. The van der Waals surface area contributed by atoms with Crippen LogP contribution in [0.15, 0.2) is 91.1 Å². The highest BCUT2D eigenvalue weighted by Crippen LogP contribution is 2.33. The standard InChI is InChI=1S/C28H22F3NO3/c1-2-35-27(34)25(19-8-4-3-5-9-19)24-16-20(17-32-24)26(33)23-11-7-6-10-22(23)18-12-14-21(15-13-18)28(29,30)31/h3-17,25,32H,2H2,1H3. The maximum Gasteiger partial charge on any atom is 0.416 e. The number of alkyl halides is 3. The van der Waals surface area contributed by atoms with Crippen molar-refractivity contribution in [3.8, 4) is 11.1 Å². The van der Waals surface area contributed by atoms with Crippen LogP contribution in [0.25, 0.3) is 11.1 Å². The number of halogens is 3. The van der Waals surface area contributed by atoms with E-state index < -0.39 is 23.6 Å². The molecule has 1 unspecified atom stereocenters. The zero-order valence-corrected chi connectivity index (χ0v) is 18.8. The third-order valence-electron chi connectivity index (χ3n) is 5.63. The van der Waals surface area contributed by atoms with Gasteiger partial charge in [-0.05, 0) is 41.8 Å². The number of hydrogen-bond acceptors (Lipinski definition) is 3. The summed E-state index contributed by atoms with van der Waals surface area (Å²) < 4.78 is 44.1. The molecule has 0 radical (unpaired) electrons. The van der Waals surface area contributed by atoms with Crippen molar-refractivity contribution >= 4 is 11.8 Å². The third kappa shape index (κ3) is 5.19. The highest BCUT2D eigenvalue weighted by atomic mass is 19.4. The second-order valence-corrected chi connectivity index (χ2v) is 7.89. The first-order chi connectivity index (χ1) is 16.8. The number of benzene rings is 3. The Morgan fingerprint density at radius 1 is 0.914 bits per heavy atom. The number of carbonyl (C=O) groups is 2. The van der Waals surface area contributed by atoms with E-state index in [-0.39, 0.29) is 12.4 Å². The Morgan fingerprint density at radius 2 is 1.57 bits per heavy atom. The average Bonchev–Trinajstić information content (AvgIpc) is 3.34. The van der Waals surface area contributed by atoms with Gasteiger partial charge in [-0.25, -0.2) is 0 Å². The monoisotopic (exact) mass is 477 g/mol. The van der Waals surface area contributed by atoms with Crippen molar-refractivity contribution in [1.82, 2.24) is 4.98 Å². The highest BCUT2D eigenvalue weighted by molar-refractivity contribution is 6.13. The van der Waals surface area contributed by atoms with Gasteiger partial charge in [0, 0.05) is 23.0 Å². The van der Waals surface area contributed by atoms with Gasteiger partial charge in [0.2, 0.25) is 0 Å². The maximum atomic E-state index is 13.4. The summed E-state index contributed by atoms with van der Waals surface area (Å²) in [6, 6.07) is 22.1. The number of H-pyrrole nitrogens is 1. The van der Waals surface area contributed by atoms with Crippen LogP contribution in [0.5, 0.6) is 0 Å². The SMILES string of the molecule is CCOC(=O)C(c1ccccc1)c1cc(C(=O)c2ccccc2-c2ccc(C(F)(F)F)cc2)c[nH]1. The molecule has 0 amide bonds. The molecule has 0 aliphatic rings. The van der Waals surface area contributed by atoms with E-state index in [2.05, 4.69) is 4.98 Å². The maximum absolute atomic E-state index is 13.4. The van der Waals surface area contributed by atoms with E-state index in [0.29, 0.717) is 27.9 Å². The van der Waals surface area contributed by atoms with Gasteiger partial charge in [-0.3, -0.25) is 9.59 Å². The van der Waals surface area contributed by atoms with Gasteiger partial charge in [-0.15, -0.1) is 0 Å². The molecule has 0 saturated carbocycles. The van der Waals surface area contributed by atoms with Crippen molar-refractivity contribution in [3.05, 3.63) is 119 Å². The molecule has 0 fully saturated rings. The lowest BCUT2D eigenvalue weighted by Gasteiger charge is -2.14. The summed E-state index contributed by atoms with van der Waals surface area (Å²) >= 11 is 0. The minimum absolute atomic E-state index is 0.217. The van der Waals surface area contributed by atoms with Gasteiger partial charge < -0.3 is 9.72 Å².